The summed E-state index contributed by atoms with van der Waals surface area (Å²) in [6, 6.07) is 57.5. The van der Waals surface area contributed by atoms with Gasteiger partial charge in [-0.1, -0.05) is 171 Å². The van der Waals surface area contributed by atoms with Crippen molar-refractivity contribution < 1.29 is 9.59 Å². The summed E-state index contributed by atoms with van der Waals surface area (Å²) in [5.41, 5.74) is 1.37. The Bertz CT molecular complexity index is 1800. The molecule has 0 heterocycles. The molecule has 0 spiro atoms. The summed E-state index contributed by atoms with van der Waals surface area (Å²) >= 11 is 0. The smallest absolute Gasteiger partial charge is 0.252 e. The van der Waals surface area contributed by atoms with Gasteiger partial charge in [-0.3, -0.25) is 9.59 Å². The molecular formula is C44H40N2O2P2. The number of nitrogens with one attached hydrogen (secondary N) is 2. The first-order valence-electron chi connectivity index (χ1n) is 17.3. The number of amides is 2. The maximum absolute atomic E-state index is 14.2. The molecule has 0 unspecified atom stereocenters. The van der Waals surface area contributed by atoms with Crippen LogP contribution in [0.2, 0.25) is 0 Å². The highest BCUT2D eigenvalue weighted by Crippen LogP contribution is 2.35. The van der Waals surface area contributed by atoms with Gasteiger partial charge in [-0.25, -0.2) is 0 Å². The Morgan fingerprint density at radius 1 is 0.400 bits per heavy atom. The quantitative estimate of drug-likeness (QED) is 0.158. The molecule has 1 aliphatic rings. The molecule has 0 bridgehead atoms. The van der Waals surface area contributed by atoms with E-state index in [0.29, 0.717) is 11.1 Å². The van der Waals surface area contributed by atoms with Crippen molar-refractivity contribution in [3.63, 3.8) is 0 Å². The number of rotatable bonds is 10. The minimum atomic E-state index is -0.955. The van der Waals surface area contributed by atoms with E-state index in [9.17, 15) is 9.59 Å². The van der Waals surface area contributed by atoms with Gasteiger partial charge in [0.2, 0.25) is 0 Å². The van der Waals surface area contributed by atoms with Gasteiger partial charge in [-0.05, 0) is 72.6 Å². The van der Waals surface area contributed by atoms with Crippen LogP contribution >= 0.6 is 15.8 Å². The van der Waals surface area contributed by atoms with Crippen molar-refractivity contribution in [3.05, 3.63) is 181 Å². The van der Waals surface area contributed by atoms with Crippen LogP contribution in [0.3, 0.4) is 0 Å². The molecule has 2 N–H and O–H groups in total. The van der Waals surface area contributed by atoms with Crippen LogP contribution in [0.4, 0.5) is 0 Å². The third kappa shape index (κ3) is 7.63. The maximum atomic E-state index is 14.2. The van der Waals surface area contributed by atoms with Gasteiger partial charge in [-0.15, -0.1) is 0 Å². The van der Waals surface area contributed by atoms with E-state index in [1.165, 1.54) is 21.2 Å². The molecule has 1 aliphatic carbocycles. The van der Waals surface area contributed by atoms with Gasteiger partial charge in [0.05, 0.1) is 0 Å². The average molecular weight is 691 g/mol. The molecule has 0 aliphatic heterocycles. The maximum Gasteiger partial charge on any atom is 0.252 e. The molecule has 7 rings (SSSR count). The SMILES string of the molecule is O=C(N[C@H]1CCCC[C@H]1NC(=O)c1ccccc1P(c1ccccc1)c1ccccc1)c1ccccc1P(c1ccccc1)c1ccccc1. The molecule has 0 aromatic heterocycles. The van der Waals surface area contributed by atoms with Gasteiger partial charge in [0.1, 0.15) is 0 Å². The first-order valence-corrected chi connectivity index (χ1v) is 20.0. The van der Waals surface area contributed by atoms with E-state index in [2.05, 4.69) is 120 Å². The largest absolute Gasteiger partial charge is 0.347 e. The van der Waals surface area contributed by atoms with Gasteiger partial charge >= 0.3 is 0 Å². The number of benzene rings is 6. The van der Waals surface area contributed by atoms with Crippen molar-refractivity contribution in [2.75, 3.05) is 0 Å². The topological polar surface area (TPSA) is 58.2 Å². The zero-order chi connectivity index (χ0) is 34.1. The lowest BCUT2D eigenvalue weighted by atomic mass is 9.89. The van der Waals surface area contributed by atoms with Crippen molar-refractivity contribution in [3.8, 4) is 0 Å². The van der Waals surface area contributed by atoms with E-state index < -0.39 is 15.8 Å². The summed E-state index contributed by atoms with van der Waals surface area (Å²) in [5.74, 6) is -0.189. The number of hydrogen-bond donors (Lipinski definition) is 2. The number of hydrogen-bond acceptors (Lipinski definition) is 2. The highest BCUT2D eigenvalue weighted by molar-refractivity contribution is 7.80. The van der Waals surface area contributed by atoms with Crippen molar-refractivity contribution in [1.82, 2.24) is 10.6 Å². The molecule has 6 heteroatoms. The summed E-state index contributed by atoms with van der Waals surface area (Å²) < 4.78 is 0. The van der Waals surface area contributed by atoms with Crippen LogP contribution in [0.1, 0.15) is 46.4 Å². The van der Waals surface area contributed by atoms with Gasteiger partial charge < -0.3 is 10.6 Å². The van der Waals surface area contributed by atoms with E-state index in [-0.39, 0.29) is 23.9 Å². The summed E-state index contributed by atoms with van der Waals surface area (Å²) in [4.78, 5) is 28.5. The van der Waals surface area contributed by atoms with Crippen LogP contribution < -0.4 is 42.5 Å². The Morgan fingerprint density at radius 2 is 0.680 bits per heavy atom. The van der Waals surface area contributed by atoms with E-state index in [1.807, 2.05) is 60.7 Å². The second kappa shape index (κ2) is 16.2. The number of carbonyl (C=O) groups is 2. The third-order valence-corrected chi connectivity index (χ3v) is 14.2. The van der Waals surface area contributed by atoms with Crippen molar-refractivity contribution in [1.29, 1.82) is 0 Å². The van der Waals surface area contributed by atoms with Gasteiger partial charge in [-0.2, -0.15) is 0 Å². The first kappa shape index (κ1) is 33.6. The molecule has 1 saturated carbocycles. The summed E-state index contributed by atoms with van der Waals surface area (Å²) in [5, 5.41) is 13.6. The Morgan fingerprint density at radius 3 is 1.00 bits per heavy atom. The fourth-order valence-corrected chi connectivity index (χ4v) is 11.7. The van der Waals surface area contributed by atoms with Gasteiger partial charge in [0.15, 0.2) is 0 Å². The lowest BCUT2D eigenvalue weighted by Gasteiger charge is -2.33. The average Bonchev–Trinajstić information content (AvgIpc) is 3.18. The van der Waals surface area contributed by atoms with Crippen molar-refractivity contribution in [2.24, 2.45) is 0 Å². The Balaban J connectivity index is 1.15. The molecular weight excluding hydrogens is 650 g/mol. The molecule has 0 radical (unpaired) electrons. The molecule has 1 fully saturated rings. The van der Waals surface area contributed by atoms with E-state index >= 15 is 0 Å². The van der Waals surface area contributed by atoms with Gasteiger partial charge in [0, 0.05) is 23.2 Å². The van der Waals surface area contributed by atoms with Crippen LogP contribution in [-0.2, 0) is 0 Å². The lowest BCUT2D eigenvalue weighted by molar-refractivity contribution is 0.0864. The van der Waals surface area contributed by atoms with E-state index in [4.69, 9.17) is 0 Å². The standard InChI is InChI=1S/C44H40N2O2P2/c47-43(37-27-13-17-31-41(37)49(33-19-5-1-6-20-33)34-21-7-2-8-22-34)45-39-29-15-16-30-40(39)46-44(48)38-28-14-18-32-42(38)50(35-23-9-3-10-24-35)36-25-11-4-12-26-36/h1-14,17-28,31-32,39-40H,15-16,29-30H2,(H,45,47)(H,46,48)/t39-,40+. The molecule has 4 nitrogen and oxygen atoms in total. The number of carbonyl (C=O) groups excluding carboxylic acids is 2. The van der Waals surface area contributed by atoms with Crippen LogP contribution in [0.25, 0.3) is 0 Å². The zero-order valence-electron chi connectivity index (χ0n) is 27.9. The predicted octanol–water partition coefficient (Wildman–Crippen LogP) is 6.67. The minimum absolute atomic E-state index is 0.0943. The van der Waals surface area contributed by atoms with Crippen molar-refractivity contribution >= 4 is 59.5 Å². The fourth-order valence-electron chi connectivity index (χ4n) is 6.85. The van der Waals surface area contributed by atoms with Gasteiger partial charge in [0.25, 0.3) is 11.8 Å². The van der Waals surface area contributed by atoms with E-state index in [1.54, 1.807) is 0 Å². The normalized spacial score (nSPS) is 15.8. The van der Waals surface area contributed by atoms with Crippen LogP contribution in [0.5, 0.6) is 0 Å². The Kier molecular flexibility index (Phi) is 10.9. The predicted molar refractivity (Wildman–Crippen MR) is 211 cm³/mol. The highest BCUT2D eigenvalue weighted by atomic mass is 31.1. The van der Waals surface area contributed by atoms with E-state index in [0.717, 1.165) is 36.3 Å². The third-order valence-electron chi connectivity index (χ3n) is 9.24. The zero-order valence-corrected chi connectivity index (χ0v) is 29.6. The minimum Gasteiger partial charge on any atom is -0.347 e. The second-order valence-corrected chi connectivity index (χ2v) is 16.9. The van der Waals surface area contributed by atoms with Crippen LogP contribution in [0.15, 0.2) is 170 Å². The lowest BCUT2D eigenvalue weighted by Crippen LogP contribution is -2.54. The molecule has 50 heavy (non-hydrogen) atoms. The van der Waals surface area contributed by atoms with Crippen LogP contribution in [0, 0.1) is 0 Å². The molecule has 6 aromatic rings. The summed E-state index contributed by atoms with van der Waals surface area (Å²) in [6.07, 6.45) is 3.63. The van der Waals surface area contributed by atoms with Crippen molar-refractivity contribution in [2.45, 2.75) is 37.8 Å². The monoisotopic (exact) mass is 690 g/mol. The Labute approximate surface area is 297 Å². The van der Waals surface area contributed by atoms with Crippen LogP contribution in [-0.4, -0.2) is 23.9 Å². The molecule has 0 saturated heterocycles. The Hall–Kier alpha value is -4.88. The summed E-state index contributed by atoms with van der Waals surface area (Å²) in [6.45, 7) is 0. The summed E-state index contributed by atoms with van der Waals surface area (Å²) in [7, 11) is -1.91. The molecule has 248 valence electrons. The second-order valence-electron chi connectivity index (χ2n) is 12.5. The molecule has 2 atom stereocenters. The molecule has 6 aromatic carbocycles. The highest BCUT2D eigenvalue weighted by Gasteiger charge is 2.31. The molecule has 2 amide bonds. The fraction of sp³-hybridized carbons (Fsp3) is 0.136. The first-order chi connectivity index (χ1) is 24.7.